The molecule has 30 heavy (non-hydrogen) atoms. The van der Waals surface area contributed by atoms with E-state index in [9.17, 15) is 13.6 Å². The molecule has 0 aliphatic heterocycles. The Bertz CT molecular complexity index is 1070. The van der Waals surface area contributed by atoms with Gasteiger partial charge in [0, 0.05) is 33.2 Å². The number of carbonyl (C=O) groups is 1. The van der Waals surface area contributed by atoms with Crippen LogP contribution in [0.5, 0.6) is 0 Å². The van der Waals surface area contributed by atoms with E-state index in [0.29, 0.717) is 32.1 Å². The predicted molar refractivity (Wildman–Crippen MR) is 115 cm³/mol. The normalized spacial score (nSPS) is 10.8. The summed E-state index contributed by atoms with van der Waals surface area (Å²) < 4.78 is 28.2. The first-order valence-corrected chi connectivity index (χ1v) is 10.1. The monoisotopic (exact) mass is 495 g/mol. The second-order valence-electron chi connectivity index (χ2n) is 6.64. The Morgan fingerprint density at radius 3 is 2.47 bits per heavy atom. The van der Waals surface area contributed by atoms with Crippen LogP contribution in [0.4, 0.5) is 14.6 Å². The predicted octanol–water partition coefficient (Wildman–Crippen LogP) is 5.43. The van der Waals surface area contributed by atoms with Crippen molar-refractivity contribution in [2.45, 2.75) is 19.8 Å². The summed E-state index contributed by atoms with van der Waals surface area (Å²) >= 11 is 9.32. The number of hydrogen-bond acceptors (Lipinski definition) is 4. The van der Waals surface area contributed by atoms with Gasteiger partial charge in [0.1, 0.15) is 23.8 Å². The highest BCUT2D eigenvalue weighted by atomic mass is 79.9. The van der Waals surface area contributed by atoms with E-state index in [4.69, 9.17) is 16.7 Å². The van der Waals surface area contributed by atoms with E-state index in [1.807, 2.05) is 6.07 Å². The molecule has 1 heterocycles. The first kappa shape index (κ1) is 22.1. The van der Waals surface area contributed by atoms with Gasteiger partial charge in [-0.25, -0.2) is 18.7 Å². The second-order valence-corrected chi connectivity index (χ2v) is 7.96. The minimum absolute atomic E-state index is 0.00333. The number of rotatable bonds is 7. The lowest BCUT2D eigenvalue weighted by molar-refractivity contribution is -0.136. The Morgan fingerprint density at radius 1 is 1.13 bits per heavy atom. The molecule has 5 nitrogen and oxygen atoms in total. The minimum Gasteiger partial charge on any atom is -0.481 e. The summed E-state index contributed by atoms with van der Waals surface area (Å²) in [7, 11) is 0. The number of carboxylic acids is 1. The minimum atomic E-state index is -0.958. The molecule has 3 rings (SSSR count). The highest BCUT2D eigenvalue weighted by molar-refractivity contribution is 9.10. The molecule has 2 aromatic carbocycles. The topological polar surface area (TPSA) is 75.1 Å². The van der Waals surface area contributed by atoms with Crippen LogP contribution in [0.3, 0.4) is 0 Å². The molecule has 1 aromatic heterocycles. The zero-order valence-electron chi connectivity index (χ0n) is 15.8. The Kier molecular flexibility index (Phi) is 6.99. The lowest BCUT2D eigenvalue weighted by Gasteiger charge is -2.11. The summed E-state index contributed by atoms with van der Waals surface area (Å²) in [6, 6.07) is 7.60. The molecule has 0 aliphatic rings. The van der Waals surface area contributed by atoms with E-state index in [-0.39, 0.29) is 24.9 Å². The molecule has 0 fully saturated rings. The van der Waals surface area contributed by atoms with Crippen molar-refractivity contribution in [3.05, 3.63) is 74.5 Å². The second kappa shape index (κ2) is 9.49. The molecule has 0 bridgehead atoms. The van der Waals surface area contributed by atoms with Gasteiger partial charge < -0.3 is 10.4 Å². The van der Waals surface area contributed by atoms with Crippen molar-refractivity contribution in [3.8, 4) is 11.3 Å². The van der Waals surface area contributed by atoms with Crippen molar-refractivity contribution in [2.24, 2.45) is 0 Å². The number of nitrogens with one attached hydrogen (secondary N) is 1. The highest BCUT2D eigenvalue weighted by Crippen LogP contribution is 2.29. The van der Waals surface area contributed by atoms with Gasteiger partial charge in [-0.1, -0.05) is 27.5 Å². The molecule has 3 aromatic rings. The number of aryl methyl sites for hydroxylation is 1. The smallest absolute Gasteiger partial charge is 0.307 e. The number of nitrogens with zero attached hydrogens (tertiary/aromatic N) is 2. The summed E-state index contributed by atoms with van der Waals surface area (Å²) in [6.45, 7) is 2.05. The summed E-state index contributed by atoms with van der Waals surface area (Å²) in [5.41, 5.74) is 2.59. The van der Waals surface area contributed by atoms with Gasteiger partial charge in [-0.05, 0) is 48.7 Å². The van der Waals surface area contributed by atoms with Crippen LogP contribution in [-0.4, -0.2) is 27.6 Å². The molecule has 0 radical (unpaired) electrons. The lowest BCUT2D eigenvalue weighted by Crippen LogP contribution is -2.09. The Hall–Kier alpha value is -2.58. The van der Waals surface area contributed by atoms with Crippen LogP contribution in [0.25, 0.3) is 11.3 Å². The molecule has 0 amide bonds. The van der Waals surface area contributed by atoms with Crippen LogP contribution in [0.2, 0.25) is 5.02 Å². The van der Waals surface area contributed by atoms with Crippen LogP contribution < -0.4 is 5.32 Å². The number of hydrogen-bond donors (Lipinski definition) is 2. The molecule has 156 valence electrons. The van der Waals surface area contributed by atoms with Gasteiger partial charge in [0.15, 0.2) is 0 Å². The van der Waals surface area contributed by atoms with Crippen LogP contribution in [0.15, 0.2) is 41.1 Å². The van der Waals surface area contributed by atoms with E-state index in [1.54, 1.807) is 19.1 Å². The molecule has 2 N–H and O–H groups in total. The molecule has 0 spiro atoms. The fourth-order valence-electron chi connectivity index (χ4n) is 3.04. The van der Waals surface area contributed by atoms with E-state index in [0.717, 1.165) is 5.56 Å². The molecule has 0 aliphatic carbocycles. The van der Waals surface area contributed by atoms with E-state index in [1.165, 1.54) is 18.5 Å². The average molecular weight is 497 g/mol. The van der Waals surface area contributed by atoms with Crippen molar-refractivity contribution in [3.63, 3.8) is 0 Å². The number of benzene rings is 2. The van der Waals surface area contributed by atoms with Crippen molar-refractivity contribution >= 4 is 39.3 Å². The van der Waals surface area contributed by atoms with Crippen LogP contribution in [0, 0.1) is 18.6 Å². The molecular weight excluding hydrogens is 480 g/mol. The largest absolute Gasteiger partial charge is 0.481 e. The summed E-state index contributed by atoms with van der Waals surface area (Å²) in [5.74, 6) is -1.70. The zero-order chi connectivity index (χ0) is 21.8. The third-order valence-electron chi connectivity index (χ3n) is 4.50. The van der Waals surface area contributed by atoms with E-state index in [2.05, 4.69) is 31.2 Å². The van der Waals surface area contributed by atoms with Gasteiger partial charge in [-0.15, -0.1) is 0 Å². The first-order valence-electron chi connectivity index (χ1n) is 8.95. The maximum absolute atomic E-state index is 13.9. The van der Waals surface area contributed by atoms with Gasteiger partial charge in [0.2, 0.25) is 0 Å². The number of aromatic nitrogens is 2. The number of carboxylic acid groups (broad SMARTS) is 1. The fourth-order valence-corrected chi connectivity index (χ4v) is 3.77. The number of anilines is 1. The average Bonchev–Trinajstić information content (AvgIpc) is 2.66. The van der Waals surface area contributed by atoms with Gasteiger partial charge in [0.25, 0.3) is 0 Å². The Balaban J connectivity index is 1.75. The van der Waals surface area contributed by atoms with Crippen molar-refractivity contribution in [1.29, 1.82) is 0 Å². The zero-order valence-corrected chi connectivity index (χ0v) is 18.2. The third kappa shape index (κ3) is 5.31. The lowest BCUT2D eigenvalue weighted by atomic mass is 10.0. The van der Waals surface area contributed by atoms with E-state index >= 15 is 0 Å². The standard InChI is InChI=1S/C21H17BrClF2N3O2/c1-11-4-12(5-16(23)15(11)8-21(29)30)19-9-20(28-10-27-19)26-3-2-14-17(24)6-13(22)7-18(14)25/h4-7,9-10H,2-3,8H2,1H3,(H,29,30)(H,26,27,28). The summed E-state index contributed by atoms with van der Waals surface area (Å²) in [5, 5.41) is 12.4. The van der Waals surface area contributed by atoms with Crippen molar-refractivity contribution in [2.75, 3.05) is 11.9 Å². The summed E-state index contributed by atoms with van der Waals surface area (Å²) in [4.78, 5) is 19.4. The Morgan fingerprint density at radius 2 is 1.83 bits per heavy atom. The third-order valence-corrected chi connectivity index (χ3v) is 5.29. The molecule has 0 unspecified atom stereocenters. The quantitative estimate of drug-likeness (QED) is 0.456. The SMILES string of the molecule is Cc1cc(-c2cc(NCCc3c(F)cc(Br)cc3F)ncn2)cc(Cl)c1CC(=O)O. The van der Waals surface area contributed by atoms with Gasteiger partial charge >= 0.3 is 5.97 Å². The van der Waals surface area contributed by atoms with Crippen LogP contribution in [-0.2, 0) is 17.6 Å². The van der Waals surface area contributed by atoms with Gasteiger partial charge in [-0.2, -0.15) is 0 Å². The molecule has 0 atom stereocenters. The molecule has 9 heteroatoms. The van der Waals surface area contributed by atoms with Crippen LogP contribution in [0.1, 0.15) is 16.7 Å². The molecule has 0 saturated carbocycles. The van der Waals surface area contributed by atoms with Crippen LogP contribution >= 0.6 is 27.5 Å². The maximum Gasteiger partial charge on any atom is 0.307 e. The van der Waals surface area contributed by atoms with Crippen molar-refractivity contribution in [1.82, 2.24) is 9.97 Å². The van der Waals surface area contributed by atoms with Gasteiger partial charge in [-0.3, -0.25) is 4.79 Å². The highest BCUT2D eigenvalue weighted by Gasteiger charge is 2.13. The number of halogens is 4. The number of aliphatic carboxylic acids is 1. The first-order chi connectivity index (χ1) is 14.2. The fraction of sp³-hybridized carbons (Fsp3) is 0.190. The molecular formula is C21H17BrClF2N3O2. The maximum atomic E-state index is 13.9. The van der Waals surface area contributed by atoms with E-state index < -0.39 is 17.6 Å². The Labute approximate surface area is 185 Å². The molecule has 0 saturated heterocycles. The van der Waals surface area contributed by atoms with Gasteiger partial charge in [0.05, 0.1) is 12.1 Å². The summed E-state index contributed by atoms with van der Waals surface area (Å²) in [6.07, 6.45) is 1.34. The van der Waals surface area contributed by atoms with Crippen molar-refractivity contribution < 1.29 is 18.7 Å².